The first-order chi connectivity index (χ1) is 12.3. The first-order valence-corrected chi connectivity index (χ1v) is 8.69. The average molecular weight is 328 g/mol. The van der Waals surface area contributed by atoms with E-state index >= 15 is 0 Å². The molecule has 3 nitrogen and oxygen atoms in total. The molecule has 0 fully saturated rings. The molecule has 0 amide bonds. The molecule has 124 valence electrons. The van der Waals surface area contributed by atoms with Crippen molar-refractivity contribution in [3.8, 4) is 0 Å². The Bertz CT molecular complexity index is 931. The number of hydrogen-bond acceptors (Lipinski definition) is 3. The molecule has 0 spiro atoms. The molecule has 0 saturated heterocycles. The lowest BCUT2D eigenvalue weighted by atomic mass is 10.0. The van der Waals surface area contributed by atoms with Crippen molar-refractivity contribution in [2.75, 3.05) is 4.90 Å². The monoisotopic (exact) mass is 328 g/mol. The van der Waals surface area contributed by atoms with Crippen LogP contribution in [-0.4, -0.2) is 10.8 Å². The van der Waals surface area contributed by atoms with Crippen LogP contribution in [0.3, 0.4) is 0 Å². The number of para-hydroxylation sites is 1. The second-order valence-corrected chi connectivity index (χ2v) is 6.41. The van der Waals surface area contributed by atoms with Crippen molar-refractivity contribution < 1.29 is 4.79 Å². The molecule has 0 N–H and O–H groups in total. The maximum atomic E-state index is 12.0. The molecule has 4 rings (SSSR count). The van der Waals surface area contributed by atoms with Crippen LogP contribution in [0.4, 0.5) is 5.69 Å². The predicted molar refractivity (Wildman–Crippen MR) is 101 cm³/mol. The highest BCUT2D eigenvalue weighted by Gasteiger charge is 2.18. The van der Waals surface area contributed by atoms with E-state index in [2.05, 4.69) is 34.1 Å². The topological polar surface area (TPSA) is 33.2 Å². The molecule has 0 aliphatic heterocycles. The number of fused-ring (bicyclic) bond motifs is 1. The van der Waals surface area contributed by atoms with Gasteiger partial charge in [-0.15, -0.1) is 0 Å². The summed E-state index contributed by atoms with van der Waals surface area (Å²) in [4.78, 5) is 18.8. The summed E-state index contributed by atoms with van der Waals surface area (Å²) in [5, 5.41) is 1.11. The Morgan fingerprint density at radius 2 is 1.76 bits per heavy atom. The number of nitrogens with zero attached hydrogens (tertiary/aromatic N) is 2. The molecule has 0 bridgehead atoms. The summed E-state index contributed by atoms with van der Waals surface area (Å²) < 4.78 is 0. The molecule has 0 radical (unpaired) electrons. The predicted octanol–water partition coefficient (Wildman–Crippen LogP) is 4.88. The van der Waals surface area contributed by atoms with E-state index in [9.17, 15) is 4.79 Å². The van der Waals surface area contributed by atoms with Crippen molar-refractivity contribution in [1.82, 2.24) is 4.98 Å². The van der Waals surface area contributed by atoms with E-state index in [1.165, 1.54) is 5.56 Å². The fraction of sp³-hybridized carbons (Fsp3) is 0.182. The zero-order valence-electron chi connectivity index (χ0n) is 14.1. The average Bonchev–Trinajstić information content (AvgIpc) is 2.66. The second-order valence-electron chi connectivity index (χ2n) is 6.41. The highest BCUT2D eigenvalue weighted by atomic mass is 16.1. The van der Waals surface area contributed by atoms with E-state index in [1.807, 2.05) is 48.7 Å². The smallest absolute Gasteiger partial charge is 0.157 e. The number of carbonyl (C=O) groups excluding carboxylic acids is 1. The Morgan fingerprint density at radius 1 is 0.960 bits per heavy atom. The van der Waals surface area contributed by atoms with Crippen LogP contribution in [0.2, 0.25) is 0 Å². The van der Waals surface area contributed by atoms with E-state index in [0.717, 1.165) is 41.7 Å². The van der Waals surface area contributed by atoms with Gasteiger partial charge in [0, 0.05) is 30.1 Å². The number of allylic oxidation sites excluding steroid dienone is 2. The van der Waals surface area contributed by atoms with E-state index in [4.69, 9.17) is 0 Å². The lowest BCUT2D eigenvalue weighted by Gasteiger charge is -2.29. The Balaban J connectivity index is 1.76. The third-order valence-electron chi connectivity index (χ3n) is 4.60. The molecule has 1 heterocycles. The minimum atomic E-state index is 0.216. The van der Waals surface area contributed by atoms with Crippen LogP contribution < -0.4 is 4.90 Å². The van der Waals surface area contributed by atoms with E-state index in [-0.39, 0.29) is 5.78 Å². The molecule has 1 aliphatic rings. The van der Waals surface area contributed by atoms with Crippen LogP contribution in [0.1, 0.15) is 24.8 Å². The Hall–Kier alpha value is -2.94. The van der Waals surface area contributed by atoms with Crippen LogP contribution in [0, 0.1) is 0 Å². The minimum absolute atomic E-state index is 0.216. The first kappa shape index (κ1) is 15.6. The highest BCUT2D eigenvalue weighted by molar-refractivity contribution is 5.92. The third kappa shape index (κ3) is 3.45. The van der Waals surface area contributed by atoms with Crippen molar-refractivity contribution in [2.45, 2.75) is 25.8 Å². The Morgan fingerprint density at radius 3 is 2.60 bits per heavy atom. The van der Waals surface area contributed by atoms with Gasteiger partial charge in [-0.05, 0) is 30.5 Å². The normalized spacial score (nSPS) is 14.4. The lowest BCUT2D eigenvalue weighted by molar-refractivity contribution is -0.115. The number of benzene rings is 2. The highest BCUT2D eigenvalue weighted by Crippen LogP contribution is 2.29. The molecular formula is C22H20N2O. The number of hydrogen-bond donors (Lipinski definition) is 0. The van der Waals surface area contributed by atoms with Gasteiger partial charge in [0.05, 0.1) is 17.4 Å². The fourth-order valence-electron chi connectivity index (χ4n) is 3.32. The van der Waals surface area contributed by atoms with Crippen LogP contribution in [0.25, 0.3) is 10.9 Å². The number of rotatable bonds is 4. The van der Waals surface area contributed by atoms with Gasteiger partial charge in [0.15, 0.2) is 5.78 Å². The largest absolute Gasteiger partial charge is 0.339 e. The van der Waals surface area contributed by atoms with Crippen molar-refractivity contribution in [3.05, 3.63) is 84.2 Å². The van der Waals surface area contributed by atoms with Crippen LogP contribution in [-0.2, 0) is 11.3 Å². The number of aromatic nitrogens is 1. The van der Waals surface area contributed by atoms with Gasteiger partial charge in [-0.3, -0.25) is 9.78 Å². The molecule has 2 aromatic carbocycles. The van der Waals surface area contributed by atoms with Gasteiger partial charge in [-0.2, -0.15) is 0 Å². The van der Waals surface area contributed by atoms with Crippen LogP contribution in [0.15, 0.2) is 78.6 Å². The Labute approximate surface area is 147 Å². The molecule has 3 aromatic rings. The van der Waals surface area contributed by atoms with Gasteiger partial charge in [0.2, 0.25) is 0 Å². The minimum Gasteiger partial charge on any atom is -0.339 e. The third-order valence-corrected chi connectivity index (χ3v) is 4.60. The van der Waals surface area contributed by atoms with E-state index in [0.29, 0.717) is 6.42 Å². The molecular weight excluding hydrogens is 308 g/mol. The number of pyridine rings is 1. The summed E-state index contributed by atoms with van der Waals surface area (Å²) in [5.74, 6) is 0.216. The molecule has 1 aliphatic carbocycles. The van der Waals surface area contributed by atoms with Crippen molar-refractivity contribution in [2.24, 2.45) is 0 Å². The summed E-state index contributed by atoms with van der Waals surface area (Å²) in [5.41, 5.74) is 4.31. The van der Waals surface area contributed by atoms with Gasteiger partial charge in [0.1, 0.15) is 0 Å². The standard InChI is InChI=1S/C22H20N2O/c25-21-11-6-10-19(14-21)24(16-17-7-2-1-3-8-17)20-13-18-9-4-5-12-22(18)23-15-20/h1-5,7-9,12-15H,6,10-11,16H2. The SMILES string of the molecule is O=C1C=C(N(Cc2ccccc2)c2cnc3ccccc3c2)CCC1. The zero-order chi connectivity index (χ0) is 17.1. The fourth-order valence-corrected chi connectivity index (χ4v) is 3.32. The van der Waals surface area contributed by atoms with Gasteiger partial charge >= 0.3 is 0 Å². The van der Waals surface area contributed by atoms with Gasteiger partial charge < -0.3 is 4.90 Å². The number of ketones is 1. The van der Waals surface area contributed by atoms with Crippen LogP contribution in [0.5, 0.6) is 0 Å². The maximum Gasteiger partial charge on any atom is 0.157 e. The summed E-state index contributed by atoms with van der Waals surface area (Å²) in [6, 6.07) is 20.6. The molecule has 25 heavy (non-hydrogen) atoms. The van der Waals surface area contributed by atoms with Gasteiger partial charge in [0.25, 0.3) is 0 Å². The van der Waals surface area contributed by atoms with Crippen LogP contribution >= 0.6 is 0 Å². The maximum absolute atomic E-state index is 12.0. The molecule has 0 unspecified atom stereocenters. The summed E-state index contributed by atoms with van der Waals surface area (Å²) in [6.07, 6.45) is 6.20. The Kier molecular flexibility index (Phi) is 4.30. The summed E-state index contributed by atoms with van der Waals surface area (Å²) in [6.45, 7) is 0.736. The molecule has 0 saturated carbocycles. The van der Waals surface area contributed by atoms with E-state index in [1.54, 1.807) is 0 Å². The molecule has 3 heteroatoms. The summed E-state index contributed by atoms with van der Waals surface area (Å²) in [7, 11) is 0. The van der Waals surface area contributed by atoms with Crippen molar-refractivity contribution in [1.29, 1.82) is 0 Å². The number of carbonyl (C=O) groups is 1. The quantitative estimate of drug-likeness (QED) is 0.684. The molecule has 1 aromatic heterocycles. The first-order valence-electron chi connectivity index (χ1n) is 8.69. The van der Waals surface area contributed by atoms with E-state index < -0.39 is 0 Å². The van der Waals surface area contributed by atoms with Crippen molar-refractivity contribution in [3.63, 3.8) is 0 Å². The zero-order valence-corrected chi connectivity index (χ0v) is 14.1. The van der Waals surface area contributed by atoms with Crippen molar-refractivity contribution >= 4 is 22.4 Å². The lowest BCUT2D eigenvalue weighted by Crippen LogP contribution is -2.25. The summed E-state index contributed by atoms with van der Waals surface area (Å²) >= 11 is 0. The van der Waals surface area contributed by atoms with Gasteiger partial charge in [-0.1, -0.05) is 48.5 Å². The van der Waals surface area contributed by atoms with Gasteiger partial charge in [-0.25, -0.2) is 0 Å². The number of anilines is 1. The second kappa shape index (κ2) is 6.89. The molecule has 0 atom stereocenters.